The van der Waals surface area contributed by atoms with Gasteiger partial charge in [0.05, 0.1) is 6.54 Å². The number of nitrogens with two attached hydrogens (primary N) is 1. The van der Waals surface area contributed by atoms with E-state index in [9.17, 15) is 9.59 Å². The van der Waals surface area contributed by atoms with Gasteiger partial charge in [-0.2, -0.15) is 0 Å². The molecule has 7 nitrogen and oxygen atoms in total. The first-order valence-electron chi connectivity index (χ1n) is 6.43. The molecule has 21 heavy (non-hydrogen) atoms. The minimum Gasteiger partial charge on any atom is -0.346 e. The Labute approximate surface area is 125 Å². The number of thiazole rings is 1. The third kappa shape index (κ3) is 3.89. The lowest BCUT2D eigenvalue weighted by atomic mass is 10.1. The van der Waals surface area contributed by atoms with Crippen LogP contribution in [-0.2, 0) is 6.54 Å². The van der Waals surface area contributed by atoms with Crippen LogP contribution >= 0.6 is 11.3 Å². The number of hydrazine groups is 1. The molecule has 1 amide bonds. The molecule has 0 aliphatic carbocycles. The van der Waals surface area contributed by atoms with Gasteiger partial charge in [0.15, 0.2) is 0 Å². The van der Waals surface area contributed by atoms with E-state index in [1.807, 2.05) is 13.8 Å². The van der Waals surface area contributed by atoms with E-state index in [0.29, 0.717) is 17.1 Å². The molecule has 0 spiro atoms. The number of H-pyrrole nitrogens is 1. The van der Waals surface area contributed by atoms with Crippen molar-refractivity contribution in [1.82, 2.24) is 15.3 Å². The van der Waals surface area contributed by atoms with Crippen molar-refractivity contribution >= 4 is 23.1 Å². The van der Waals surface area contributed by atoms with Crippen LogP contribution in [0, 0.1) is 0 Å². The highest BCUT2D eigenvalue weighted by Gasteiger charge is 2.11. The molecule has 2 heterocycles. The summed E-state index contributed by atoms with van der Waals surface area (Å²) < 4.78 is 0. The van der Waals surface area contributed by atoms with Crippen LogP contribution in [0.3, 0.4) is 0 Å². The Morgan fingerprint density at radius 3 is 2.81 bits per heavy atom. The van der Waals surface area contributed by atoms with E-state index in [4.69, 9.17) is 5.84 Å². The number of pyridine rings is 1. The number of carbonyl (C=O) groups is 1. The first-order chi connectivity index (χ1) is 9.99. The van der Waals surface area contributed by atoms with Crippen molar-refractivity contribution < 1.29 is 4.79 Å². The van der Waals surface area contributed by atoms with Gasteiger partial charge in [0, 0.05) is 22.3 Å². The maximum absolute atomic E-state index is 12.2. The maximum atomic E-state index is 12.2. The average Bonchev–Trinajstić information content (AvgIpc) is 2.89. The third-order valence-electron chi connectivity index (χ3n) is 2.86. The van der Waals surface area contributed by atoms with Crippen molar-refractivity contribution in [2.24, 2.45) is 5.84 Å². The minimum atomic E-state index is -0.247. The number of amides is 1. The molecule has 0 aromatic carbocycles. The molecular formula is C13H17N5O2S. The zero-order valence-electron chi connectivity index (χ0n) is 11.8. The highest BCUT2D eigenvalue weighted by molar-refractivity contribution is 7.07. The average molecular weight is 307 g/mol. The molecule has 0 fully saturated rings. The highest BCUT2D eigenvalue weighted by atomic mass is 32.1. The van der Waals surface area contributed by atoms with E-state index in [1.165, 1.54) is 0 Å². The molecule has 112 valence electrons. The van der Waals surface area contributed by atoms with Crippen molar-refractivity contribution in [1.29, 1.82) is 0 Å². The first-order valence-corrected chi connectivity index (χ1v) is 7.31. The van der Waals surface area contributed by atoms with Crippen LogP contribution in [0.2, 0.25) is 0 Å². The van der Waals surface area contributed by atoms with E-state index in [-0.39, 0.29) is 23.2 Å². The van der Waals surface area contributed by atoms with E-state index in [2.05, 4.69) is 20.7 Å². The second kappa shape index (κ2) is 6.51. The zero-order chi connectivity index (χ0) is 15.4. The molecule has 0 saturated carbocycles. The van der Waals surface area contributed by atoms with Gasteiger partial charge in [-0.05, 0) is 18.1 Å². The van der Waals surface area contributed by atoms with E-state index in [0.717, 1.165) is 17.0 Å². The normalized spacial score (nSPS) is 10.7. The minimum absolute atomic E-state index is 0.139. The number of aromatic amines is 1. The van der Waals surface area contributed by atoms with Gasteiger partial charge >= 0.3 is 4.87 Å². The van der Waals surface area contributed by atoms with Crippen LogP contribution in [0.4, 0.5) is 5.82 Å². The van der Waals surface area contributed by atoms with E-state index in [1.54, 1.807) is 17.5 Å². The number of hydrogen-bond acceptors (Lipinski definition) is 6. The predicted octanol–water partition coefficient (Wildman–Crippen LogP) is 1.17. The van der Waals surface area contributed by atoms with Crippen molar-refractivity contribution in [2.75, 3.05) is 5.43 Å². The molecule has 8 heteroatoms. The fraction of sp³-hybridized carbons (Fsp3) is 0.308. The summed E-state index contributed by atoms with van der Waals surface area (Å²) in [6.07, 6.45) is 0. The number of carbonyl (C=O) groups excluding carboxylic acids is 1. The van der Waals surface area contributed by atoms with Gasteiger partial charge in [-0.3, -0.25) is 9.59 Å². The molecule has 0 aliphatic heterocycles. The van der Waals surface area contributed by atoms with E-state index < -0.39 is 0 Å². The molecule has 0 radical (unpaired) electrons. The van der Waals surface area contributed by atoms with Crippen molar-refractivity contribution in [3.63, 3.8) is 0 Å². The third-order valence-corrected chi connectivity index (χ3v) is 3.58. The largest absolute Gasteiger partial charge is 0.346 e. The summed E-state index contributed by atoms with van der Waals surface area (Å²) in [4.78, 5) is 30.0. The first kappa shape index (κ1) is 15.2. The second-order valence-corrected chi connectivity index (χ2v) is 5.66. The van der Waals surface area contributed by atoms with Crippen molar-refractivity contribution in [2.45, 2.75) is 26.3 Å². The molecule has 0 bridgehead atoms. The van der Waals surface area contributed by atoms with Crippen LogP contribution in [0.25, 0.3) is 0 Å². The summed E-state index contributed by atoms with van der Waals surface area (Å²) in [5.74, 6) is 5.74. The maximum Gasteiger partial charge on any atom is 0.304 e. The van der Waals surface area contributed by atoms with Gasteiger partial charge in [0.1, 0.15) is 5.82 Å². The van der Waals surface area contributed by atoms with Gasteiger partial charge in [-0.1, -0.05) is 25.2 Å². The Morgan fingerprint density at radius 1 is 1.48 bits per heavy atom. The molecule has 5 N–H and O–H groups in total. The number of nitrogens with one attached hydrogen (secondary N) is 3. The Balaban J connectivity index is 2.14. The lowest BCUT2D eigenvalue weighted by Crippen LogP contribution is -2.24. The molecule has 0 atom stereocenters. The van der Waals surface area contributed by atoms with Crippen molar-refractivity contribution in [3.05, 3.63) is 44.1 Å². The zero-order valence-corrected chi connectivity index (χ0v) is 12.6. The highest BCUT2D eigenvalue weighted by Crippen LogP contribution is 2.17. The number of anilines is 1. The quantitative estimate of drug-likeness (QED) is 0.489. The van der Waals surface area contributed by atoms with Crippen LogP contribution in [-0.4, -0.2) is 15.9 Å². The molecule has 0 aliphatic rings. The smallest absolute Gasteiger partial charge is 0.304 e. The van der Waals surface area contributed by atoms with Gasteiger partial charge < -0.3 is 15.7 Å². The molecule has 2 aromatic heterocycles. The Morgan fingerprint density at radius 2 is 2.24 bits per heavy atom. The van der Waals surface area contributed by atoms with Gasteiger partial charge in [0.25, 0.3) is 5.91 Å². The fourth-order valence-corrected chi connectivity index (χ4v) is 2.31. The lowest BCUT2D eigenvalue weighted by Gasteiger charge is -2.10. The predicted molar refractivity (Wildman–Crippen MR) is 82.2 cm³/mol. The SMILES string of the molecule is CC(C)c1cc(C(=O)NCc2csc(=O)[nH]2)cc(NN)n1. The fourth-order valence-electron chi connectivity index (χ4n) is 1.73. The van der Waals surface area contributed by atoms with Crippen molar-refractivity contribution in [3.8, 4) is 0 Å². The number of aromatic nitrogens is 2. The summed E-state index contributed by atoms with van der Waals surface area (Å²) in [6.45, 7) is 4.24. The molecular weight excluding hydrogens is 290 g/mol. The van der Waals surface area contributed by atoms with Crippen LogP contribution in [0.15, 0.2) is 22.3 Å². The van der Waals surface area contributed by atoms with Crippen LogP contribution < -0.4 is 21.5 Å². The topological polar surface area (TPSA) is 113 Å². The monoisotopic (exact) mass is 307 g/mol. The summed E-state index contributed by atoms with van der Waals surface area (Å²) >= 11 is 1.07. The van der Waals surface area contributed by atoms with Crippen LogP contribution in [0.5, 0.6) is 0 Å². The summed E-state index contributed by atoms with van der Waals surface area (Å²) in [5.41, 5.74) is 4.38. The molecule has 0 unspecified atom stereocenters. The summed E-state index contributed by atoms with van der Waals surface area (Å²) in [5, 5.41) is 4.43. The number of rotatable bonds is 5. The lowest BCUT2D eigenvalue weighted by molar-refractivity contribution is 0.0950. The Kier molecular flexibility index (Phi) is 4.71. The number of hydrogen-bond donors (Lipinski definition) is 4. The molecule has 2 rings (SSSR count). The van der Waals surface area contributed by atoms with E-state index >= 15 is 0 Å². The standard InChI is InChI=1S/C13H17N5O2S/c1-7(2)10-3-8(4-11(17-10)18-14)12(19)15-5-9-6-21-13(20)16-9/h3-4,6-7H,5,14H2,1-2H3,(H,15,19)(H,16,20)(H,17,18). The number of nitrogen functional groups attached to an aromatic ring is 1. The van der Waals surface area contributed by atoms with Gasteiger partial charge in [-0.25, -0.2) is 10.8 Å². The molecule has 0 saturated heterocycles. The number of nitrogens with zero attached hydrogens (tertiary/aromatic N) is 1. The summed E-state index contributed by atoms with van der Waals surface area (Å²) in [6, 6.07) is 3.31. The molecule has 2 aromatic rings. The van der Waals surface area contributed by atoms with Crippen LogP contribution in [0.1, 0.15) is 41.5 Å². The van der Waals surface area contributed by atoms with Gasteiger partial charge in [0.2, 0.25) is 0 Å². The Bertz CT molecular complexity index is 692. The van der Waals surface area contributed by atoms with Gasteiger partial charge in [-0.15, -0.1) is 0 Å². The second-order valence-electron chi connectivity index (χ2n) is 4.82. The summed E-state index contributed by atoms with van der Waals surface area (Å²) in [7, 11) is 0. The Hall–Kier alpha value is -2.19.